The first-order valence-corrected chi connectivity index (χ1v) is 7.18. The van der Waals surface area contributed by atoms with Gasteiger partial charge in [0.2, 0.25) is 0 Å². The molecule has 0 spiro atoms. The predicted octanol–water partition coefficient (Wildman–Crippen LogP) is 0.693. The molecule has 0 unspecified atom stereocenters. The molecule has 2 aliphatic rings. The van der Waals surface area contributed by atoms with E-state index in [-0.39, 0.29) is 31.2 Å². The lowest BCUT2D eigenvalue weighted by molar-refractivity contribution is 0.0593. The third kappa shape index (κ3) is 2.59. The van der Waals surface area contributed by atoms with Crippen molar-refractivity contribution in [2.24, 2.45) is 23.2 Å². The zero-order chi connectivity index (χ0) is 14.2. The minimum absolute atomic E-state index is 0.109. The molecule has 4 nitrogen and oxygen atoms in total. The number of fused-ring (bicyclic) bond motifs is 1. The summed E-state index contributed by atoms with van der Waals surface area (Å²) in [6.07, 6.45) is 1.72. The van der Waals surface area contributed by atoms with E-state index < -0.39 is 6.10 Å². The maximum Gasteiger partial charge on any atom is 0.0649 e. The summed E-state index contributed by atoms with van der Waals surface area (Å²) in [5, 5.41) is 39.0. The summed E-state index contributed by atoms with van der Waals surface area (Å²) >= 11 is 0. The first-order valence-electron chi connectivity index (χ1n) is 7.18. The highest BCUT2D eigenvalue weighted by Crippen LogP contribution is 2.52. The first-order chi connectivity index (χ1) is 8.95. The normalized spacial score (nSPS) is 43.3. The van der Waals surface area contributed by atoms with Crippen molar-refractivity contribution in [1.29, 1.82) is 0 Å². The minimum Gasteiger partial charge on any atom is -0.396 e. The standard InChI is InChI=1S/C15H26O4/c1-9-3-14(19)13(7-17)12(6-16)11-5-15(2,8-18)4-10(9)11/h9-10,13-14,16-19H,3-8H2,1-2H3/t9-,10-,13+,14-,15-/m0/s1. The Morgan fingerprint density at radius 2 is 1.95 bits per heavy atom. The third-order valence-corrected chi connectivity index (χ3v) is 5.15. The van der Waals surface area contributed by atoms with Crippen LogP contribution < -0.4 is 0 Å². The second-order valence-corrected chi connectivity index (χ2v) is 6.73. The Balaban J connectivity index is 2.43. The molecule has 0 aromatic carbocycles. The van der Waals surface area contributed by atoms with Gasteiger partial charge in [-0.25, -0.2) is 0 Å². The molecule has 0 aromatic rings. The molecule has 0 bridgehead atoms. The van der Waals surface area contributed by atoms with E-state index in [9.17, 15) is 20.4 Å². The lowest BCUT2D eigenvalue weighted by atomic mass is 9.83. The van der Waals surface area contributed by atoms with Gasteiger partial charge in [0.1, 0.15) is 0 Å². The van der Waals surface area contributed by atoms with Crippen LogP contribution in [0.5, 0.6) is 0 Å². The third-order valence-electron chi connectivity index (χ3n) is 5.15. The molecule has 0 saturated heterocycles. The fraction of sp³-hybridized carbons (Fsp3) is 0.867. The van der Waals surface area contributed by atoms with Crippen molar-refractivity contribution in [3.05, 3.63) is 11.1 Å². The lowest BCUT2D eigenvalue weighted by Gasteiger charge is -2.25. The minimum atomic E-state index is -0.583. The summed E-state index contributed by atoms with van der Waals surface area (Å²) in [4.78, 5) is 0. The highest BCUT2D eigenvalue weighted by Gasteiger charge is 2.45. The number of aliphatic hydroxyl groups excluding tert-OH is 4. The molecule has 1 saturated carbocycles. The van der Waals surface area contributed by atoms with E-state index in [0.717, 1.165) is 18.4 Å². The number of rotatable bonds is 3. The van der Waals surface area contributed by atoms with Crippen molar-refractivity contribution in [1.82, 2.24) is 0 Å². The fourth-order valence-electron chi connectivity index (χ4n) is 3.96. The largest absolute Gasteiger partial charge is 0.396 e. The summed E-state index contributed by atoms with van der Waals surface area (Å²) in [7, 11) is 0. The van der Waals surface area contributed by atoms with Crippen LogP contribution in [-0.4, -0.2) is 46.4 Å². The van der Waals surface area contributed by atoms with Crippen LogP contribution in [0.15, 0.2) is 11.1 Å². The van der Waals surface area contributed by atoms with Crippen molar-refractivity contribution in [2.75, 3.05) is 19.8 Å². The molecule has 0 aromatic heterocycles. The molecule has 110 valence electrons. The molecule has 0 aliphatic heterocycles. The second-order valence-electron chi connectivity index (χ2n) is 6.73. The van der Waals surface area contributed by atoms with Gasteiger partial charge in [-0.3, -0.25) is 0 Å². The van der Waals surface area contributed by atoms with Gasteiger partial charge >= 0.3 is 0 Å². The number of allylic oxidation sites excluding steroid dienone is 1. The molecular weight excluding hydrogens is 244 g/mol. The maximum absolute atomic E-state index is 10.2. The molecule has 4 N–H and O–H groups in total. The molecule has 4 heteroatoms. The van der Waals surface area contributed by atoms with Gasteiger partial charge in [0.25, 0.3) is 0 Å². The van der Waals surface area contributed by atoms with E-state index in [1.165, 1.54) is 5.57 Å². The second kappa shape index (κ2) is 5.52. The lowest BCUT2D eigenvalue weighted by Crippen LogP contribution is -2.28. The monoisotopic (exact) mass is 270 g/mol. The molecule has 5 atom stereocenters. The van der Waals surface area contributed by atoms with Crippen molar-refractivity contribution in [3.63, 3.8) is 0 Å². The molecule has 19 heavy (non-hydrogen) atoms. The van der Waals surface area contributed by atoms with E-state index in [4.69, 9.17) is 0 Å². The highest BCUT2D eigenvalue weighted by molar-refractivity contribution is 5.29. The van der Waals surface area contributed by atoms with E-state index in [2.05, 4.69) is 13.8 Å². The van der Waals surface area contributed by atoms with Crippen LogP contribution in [0.1, 0.15) is 33.1 Å². The fourth-order valence-corrected chi connectivity index (χ4v) is 3.96. The summed E-state index contributed by atoms with van der Waals surface area (Å²) in [5.74, 6) is 0.274. The Morgan fingerprint density at radius 3 is 2.47 bits per heavy atom. The summed E-state index contributed by atoms with van der Waals surface area (Å²) in [6, 6.07) is 0. The van der Waals surface area contributed by atoms with Crippen LogP contribution in [-0.2, 0) is 0 Å². The summed E-state index contributed by atoms with van der Waals surface area (Å²) < 4.78 is 0. The average molecular weight is 270 g/mol. The van der Waals surface area contributed by atoms with Crippen molar-refractivity contribution >= 4 is 0 Å². The Morgan fingerprint density at radius 1 is 1.26 bits per heavy atom. The van der Waals surface area contributed by atoms with Crippen LogP contribution >= 0.6 is 0 Å². The number of hydrogen-bond acceptors (Lipinski definition) is 4. The number of hydrogen-bond donors (Lipinski definition) is 4. The van der Waals surface area contributed by atoms with Crippen molar-refractivity contribution in [3.8, 4) is 0 Å². The maximum atomic E-state index is 10.2. The zero-order valence-corrected chi connectivity index (χ0v) is 11.8. The Hall–Kier alpha value is -0.420. The van der Waals surface area contributed by atoms with Gasteiger partial charge in [-0.2, -0.15) is 0 Å². The predicted molar refractivity (Wildman–Crippen MR) is 72.4 cm³/mol. The van der Waals surface area contributed by atoms with E-state index >= 15 is 0 Å². The van der Waals surface area contributed by atoms with Crippen LogP contribution in [0.25, 0.3) is 0 Å². The zero-order valence-electron chi connectivity index (χ0n) is 11.8. The van der Waals surface area contributed by atoms with Gasteiger partial charge < -0.3 is 20.4 Å². The van der Waals surface area contributed by atoms with Crippen LogP contribution in [0.3, 0.4) is 0 Å². The Bertz CT molecular complexity index is 365. The summed E-state index contributed by atoms with van der Waals surface area (Å²) in [6.45, 7) is 4.09. The van der Waals surface area contributed by atoms with Crippen molar-refractivity contribution < 1.29 is 20.4 Å². The van der Waals surface area contributed by atoms with Crippen molar-refractivity contribution in [2.45, 2.75) is 39.2 Å². The Labute approximate surface area is 114 Å². The Kier molecular flexibility index (Phi) is 4.35. The molecule has 0 radical (unpaired) electrons. The van der Waals surface area contributed by atoms with Gasteiger partial charge in [-0.05, 0) is 42.1 Å². The first kappa shape index (κ1) is 15.0. The molecule has 1 fully saturated rings. The van der Waals surface area contributed by atoms with E-state index in [0.29, 0.717) is 18.3 Å². The number of aliphatic hydroxyl groups is 4. The van der Waals surface area contributed by atoms with Gasteiger partial charge in [-0.1, -0.05) is 19.4 Å². The molecule has 2 aliphatic carbocycles. The van der Waals surface area contributed by atoms with E-state index in [1.54, 1.807) is 0 Å². The molecule has 0 amide bonds. The van der Waals surface area contributed by atoms with Gasteiger partial charge in [0.05, 0.1) is 19.3 Å². The van der Waals surface area contributed by atoms with Crippen LogP contribution in [0.4, 0.5) is 0 Å². The average Bonchev–Trinajstić information content (AvgIpc) is 2.70. The van der Waals surface area contributed by atoms with Gasteiger partial charge in [0, 0.05) is 12.5 Å². The quantitative estimate of drug-likeness (QED) is 0.569. The van der Waals surface area contributed by atoms with Crippen LogP contribution in [0, 0.1) is 23.2 Å². The van der Waals surface area contributed by atoms with E-state index in [1.807, 2.05) is 0 Å². The smallest absolute Gasteiger partial charge is 0.0649 e. The molecule has 2 rings (SSSR count). The molecular formula is C15H26O4. The summed E-state index contributed by atoms with van der Waals surface area (Å²) in [5.41, 5.74) is 1.85. The SMILES string of the molecule is C[C@H]1C[C@H](O)[C@H](CO)C(CO)=C2C[C@@](C)(CO)C[C@H]21. The molecule has 0 heterocycles. The van der Waals surface area contributed by atoms with Crippen LogP contribution in [0.2, 0.25) is 0 Å². The van der Waals surface area contributed by atoms with Gasteiger partial charge in [-0.15, -0.1) is 0 Å². The van der Waals surface area contributed by atoms with Gasteiger partial charge in [0.15, 0.2) is 0 Å². The highest BCUT2D eigenvalue weighted by atomic mass is 16.3. The topological polar surface area (TPSA) is 80.9 Å².